The zero-order valence-electron chi connectivity index (χ0n) is 14.7. The van der Waals surface area contributed by atoms with E-state index in [9.17, 15) is 0 Å². The van der Waals surface area contributed by atoms with Crippen LogP contribution in [-0.2, 0) is 6.42 Å². The largest absolute Gasteiger partial charge is 0.493 e. The highest BCUT2D eigenvalue weighted by molar-refractivity contribution is 6.29. The minimum Gasteiger partial charge on any atom is -0.493 e. The predicted octanol–water partition coefficient (Wildman–Crippen LogP) is 3.37. The number of benzene rings is 1. The molecule has 0 fully saturated rings. The lowest BCUT2D eigenvalue weighted by molar-refractivity contribution is 0.355. The van der Waals surface area contributed by atoms with Crippen LogP contribution in [0, 0.1) is 0 Å². The minimum absolute atomic E-state index is 0.496. The summed E-state index contributed by atoms with van der Waals surface area (Å²) >= 11 is 5.80. The van der Waals surface area contributed by atoms with Gasteiger partial charge in [-0.1, -0.05) is 17.7 Å². The van der Waals surface area contributed by atoms with Crippen LogP contribution < -0.4 is 20.1 Å². The second kappa shape index (κ2) is 9.74. The molecule has 7 heteroatoms. The van der Waals surface area contributed by atoms with Gasteiger partial charge in [0.2, 0.25) is 0 Å². The van der Waals surface area contributed by atoms with Crippen molar-refractivity contribution in [2.24, 2.45) is 4.99 Å². The number of aromatic nitrogens is 1. The van der Waals surface area contributed by atoms with Crippen LogP contribution in [0.1, 0.15) is 12.5 Å². The molecule has 0 unspecified atom stereocenters. The Morgan fingerprint density at radius 2 is 1.96 bits per heavy atom. The molecule has 25 heavy (non-hydrogen) atoms. The number of nitrogens with zero attached hydrogens (tertiary/aromatic N) is 2. The smallest absolute Gasteiger partial charge is 0.195 e. The van der Waals surface area contributed by atoms with E-state index in [0.717, 1.165) is 24.2 Å². The van der Waals surface area contributed by atoms with Crippen molar-refractivity contribution in [3.8, 4) is 11.5 Å². The monoisotopic (exact) mass is 362 g/mol. The quantitative estimate of drug-likeness (QED) is 0.449. The molecule has 0 atom stereocenters. The van der Waals surface area contributed by atoms with Crippen LogP contribution in [-0.4, -0.2) is 38.3 Å². The lowest BCUT2D eigenvalue weighted by Crippen LogP contribution is -2.30. The Labute approximate surface area is 153 Å². The molecule has 0 bridgehead atoms. The van der Waals surface area contributed by atoms with Gasteiger partial charge < -0.3 is 20.1 Å². The maximum absolute atomic E-state index is 5.80. The Morgan fingerprint density at radius 3 is 2.60 bits per heavy atom. The van der Waals surface area contributed by atoms with Crippen molar-refractivity contribution in [2.75, 3.05) is 32.6 Å². The van der Waals surface area contributed by atoms with Crippen molar-refractivity contribution in [1.82, 2.24) is 10.3 Å². The highest BCUT2D eigenvalue weighted by atomic mass is 35.5. The van der Waals surface area contributed by atoms with Crippen molar-refractivity contribution < 1.29 is 9.47 Å². The summed E-state index contributed by atoms with van der Waals surface area (Å²) in [6.45, 7) is 3.42. The summed E-state index contributed by atoms with van der Waals surface area (Å²) in [5.74, 6) is 2.05. The number of hydrogen-bond donors (Lipinski definition) is 2. The molecular formula is C18H23ClN4O2. The summed E-state index contributed by atoms with van der Waals surface area (Å²) in [5.41, 5.74) is 1.96. The Balaban J connectivity index is 2.03. The van der Waals surface area contributed by atoms with Crippen LogP contribution in [0.4, 0.5) is 5.69 Å². The van der Waals surface area contributed by atoms with Gasteiger partial charge in [-0.15, -0.1) is 0 Å². The molecule has 2 N–H and O–H groups in total. The first-order valence-corrected chi connectivity index (χ1v) is 8.41. The molecule has 0 aliphatic carbocycles. The average Bonchev–Trinajstić information content (AvgIpc) is 2.63. The van der Waals surface area contributed by atoms with Gasteiger partial charge in [0.05, 0.1) is 14.2 Å². The predicted molar refractivity (Wildman–Crippen MR) is 102 cm³/mol. The summed E-state index contributed by atoms with van der Waals surface area (Å²) < 4.78 is 10.6. The van der Waals surface area contributed by atoms with Crippen LogP contribution in [0.25, 0.3) is 0 Å². The summed E-state index contributed by atoms with van der Waals surface area (Å²) in [6.07, 6.45) is 2.55. The van der Waals surface area contributed by atoms with Crippen LogP contribution in [0.2, 0.25) is 5.15 Å². The van der Waals surface area contributed by atoms with Crippen molar-refractivity contribution in [1.29, 1.82) is 0 Å². The van der Waals surface area contributed by atoms with Crippen molar-refractivity contribution in [2.45, 2.75) is 13.3 Å². The highest BCUT2D eigenvalue weighted by Crippen LogP contribution is 2.29. The van der Waals surface area contributed by atoms with E-state index in [-0.39, 0.29) is 0 Å². The standard InChI is InChI=1S/C18H23ClN4O2/c1-4-20-18(21-10-9-13-5-8-17(19)22-12-13)23-14-6-7-15(24-2)16(11-14)25-3/h5-8,11-12H,4,9-10H2,1-3H3,(H2,20,21,23). The Kier molecular flexibility index (Phi) is 7.35. The van der Waals surface area contributed by atoms with Crippen LogP contribution in [0.15, 0.2) is 41.5 Å². The molecule has 0 amide bonds. The summed E-state index contributed by atoms with van der Waals surface area (Å²) in [5, 5.41) is 6.99. The number of methoxy groups -OCH3 is 2. The molecule has 0 aliphatic rings. The normalized spacial score (nSPS) is 11.1. The molecule has 1 aromatic heterocycles. The molecule has 6 nitrogen and oxygen atoms in total. The van der Waals surface area contributed by atoms with Gasteiger partial charge in [0.25, 0.3) is 0 Å². The van der Waals surface area contributed by atoms with E-state index in [2.05, 4.69) is 20.6 Å². The summed E-state index contributed by atoms with van der Waals surface area (Å²) in [4.78, 5) is 8.66. The average molecular weight is 363 g/mol. The molecule has 0 saturated heterocycles. The van der Waals surface area contributed by atoms with E-state index in [0.29, 0.717) is 29.2 Å². The fourth-order valence-corrected chi connectivity index (χ4v) is 2.32. The van der Waals surface area contributed by atoms with E-state index in [1.807, 2.05) is 31.2 Å². The Hall–Kier alpha value is -2.47. The second-order valence-corrected chi connectivity index (χ2v) is 5.58. The fourth-order valence-electron chi connectivity index (χ4n) is 2.21. The molecule has 1 heterocycles. The van der Waals surface area contributed by atoms with Crippen molar-refractivity contribution in [3.63, 3.8) is 0 Å². The van der Waals surface area contributed by atoms with Gasteiger partial charge in [0.1, 0.15) is 5.15 Å². The van der Waals surface area contributed by atoms with Gasteiger partial charge >= 0.3 is 0 Å². The molecule has 0 saturated carbocycles. The number of anilines is 1. The maximum Gasteiger partial charge on any atom is 0.195 e. The third kappa shape index (κ3) is 5.83. The zero-order valence-corrected chi connectivity index (χ0v) is 15.4. The zero-order chi connectivity index (χ0) is 18.1. The van der Waals surface area contributed by atoms with E-state index < -0.39 is 0 Å². The Morgan fingerprint density at radius 1 is 1.16 bits per heavy atom. The molecule has 0 radical (unpaired) electrons. The molecule has 2 rings (SSSR count). The number of aliphatic imine (C=N–C) groups is 1. The molecular weight excluding hydrogens is 340 g/mol. The lowest BCUT2D eigenvalue weighted by Gasteiger charge is -2.13. The number of halogens is 1. The third-order valence-electron chi connectivity index (χ3n) is 3.45. The SMILES string of the molecule is CCNC(=NCCc1ccc(Cl)nc1)Nc1ccc(OC)c(OC)c1. The Bertz CT molecular complexity index is 705. The highest BCUT2D eigenvalue weighted by Gasteiger charge is 2.06. The van der Waals surface area contributed by atoms with Gasteiger partial charge in [-0.2, -0.15) is 0 Å². The molecule has 2 aromatic rings. The van der Waals surface area contributed by atoms with Gasteiger partial charge in [-0.3, -0.25) is 4.99 Å². The van der Waals surface area contributed by atoms with E-state index in [1.54, 1.807) is 26.5 Å². The van der Waals surface area contributed by atoms with E-state index in [4.69, 9.17) is 21.1 Å². The van der Waals surface area contributed by atoms with Crippen molar-refractivity contribution >= 4 is 23.2 Å². The van der Waals surface area contributed by atoms with E-state index >= 15 is 0 Å². The van der Waals surface area contributed by atoms with Crippen molar-refractivity contribution in [3.05, 3.63) is 47.2 Å². The number of pyridine rings is 1. The second-order valence-electron chi connectivity index (χ2n) is 5.19. The molecule has 0 spiro atoms. The molecule has 134 valence electrons. The topological polar surface area (TPSA) is 67.8 Å². The first-order chi connectivity index (χ1) is 12.2. The first kappa shape index (κ1) is 18.9. The number of hydrogen-bond acceptors (Lipinski definition) is 4. The van der Waals surface area contributed by atoms with Crippen LogP contribution >= 0.6 is 11.6 Å². The first-order valence-electron chi connectivity index (χ1n) is 8.04. The maximum atomic E-state index is 5.80. The summed E-state index contributed by atoms with van der Waals surface area (Å²) in [7, 11) is 3.23. The number of nitrogens with one attached hydrogen (secondary N) is 2. The molecule has 1 aromatic carbocycles. The minimum atomic E-state index is 0.496. The van der Waals surface area contributed by atoms with Crippen LogP contribution in [0.3, 0.4) is 0 Å². The van der Waals surface area contributed by atoms with Gasteiger partial charge in [-0.05, 0) is 37.1 Å². The number of ether oxygens (including phenoxy) is 2. The fraction of sp³-hybridized carbons (Fsp3) is 0.333. The lowest BCUT2D eigenvalue weighted by atomic mass is 10.2. The number of guanidine groups is 1. The number of rotatable bonds is 7. The van der Waals surface area contributed by atoms with Crippen LogP contribution in [0.5, 0.6) is 11.5 Å². The van der Waals surface area contributed by atoms with Gasteiger partial charge in [-0.25, -0.2) is 4.98 Å². The van der Waals surface area contributed by atoms with Gasteiger partial charge in [0.15, 0.2) is 17.5 Å². The third-order valence-corrected chi connectivity index (χ3v) is 3.67. The van der Waals surface area contributed by atoms with Gasteiger partial charge in [0, 0.05) is 31.0 Å². The molecule has 0 aliphatic heterocycles. The summed E-state index contributed by atoms with van der Waals surface area (Å²) in [6, 6.07) is 9.38. The van der Waals surface area contributed by atoms with E-state index in [1.165, 1.54) is 0 Å².